The predicted octanol–water partition coefficient (Wildman–Crippen LogP) is 5.03. The van der Waals surface area contributed by atoms with E-state index in [0.717, 1.165) is 17.9 Å². The summed E-state index contributed by atoms with van der Waals surface area (Å²) in [6.45, 7) is 8.07. The molecule has 0 heterocycles. The van der Waals surface area contributed by atoms with E-state index >= 15 is 0 Å². The Morgan fingerprint density at radius 3 is 2.33 bits per heavy atom. The SMILES string of the molecule is Cc1cc(C)c(C2CCCCCC2CNC2CC2)cc1C. The molecule has 1 nitrogen and oxygen atoms in total. The van der Waals surface area contributed by atoms with Crippen LogP contribution in [0.4, 0.5) is 0 Å². The Morgan fingerprint density at radius 1 is 0.857 bits per heavy atom. The van der Waals surface area contributed by atoms with Gasteiger partial charge in [0.25, 0.3) is 0 Å². The lowest BCUT2D eigenvalue weighted by Gasteiger charge is -2.28. The molecular weight excluding hydrogens is 254 g/mol. The Labute approximate surface area is 130 Å². The van der Waals surface area contributed by atoms with Crippen molar-refractivity contribution < 1.29 is 0 Å². The lowest BCUT2D eigenvalue weighted by Crippen LogP contribution is -2.28. The van der Waals surface area contributed by atoms with Crippen LogP contribution in [0.25, 0.3) is 0 Å². The van der Waals surface area contributed by atoms with E-state index in [4.69, 9.17) is 0 Å². The van der Waals surface area contributed by atoms with Crippen molar-refractivity contribution in [3.8, 4) is 0 Å². The Kier molecular flexibility index (Phi) is 4.69. The van der Waals surface area contributed by atoms with Gasteiger partial charge in [0.1, 0.15) is 0 Å². The molecule has 0 radical (unpaired) electrons. The van der Waals surface area contributed by atoms with Crippen LogP contribution in [0.5, 0.6) is 0 Å². The standard InChI is InChI=1S/C20H31N/c1-14-11-16(3)20(12-15(14)2)19-8-6-4-5-7-17(19)13-21-18-9-10-18/h11-12,17-19,21H,4-10,13H2,1-3H3. The van der Waals surface area contributed by atoms with Crippen molar-refractivity contribution in [3.63, 3.8) is 0 Å². The lowest BCUT2D eigenvalue weighted by molar-refractivity contribution is 0.373. The molecule has 2 atom stereocenters. The van der Waals surface area contributed by atoms with Crippen LogP contribution in [-0.4, -0.2) is 12.6 Å². The third-order valence-corrected chi connectivity index (χ3v) is 5.69. The molecule has 2 aliphatic rings. The molecule has 2 fully saturated rings. The predicted molar refractivity (Wildman–Crippen MR) is 91.0 cm³/mol. The van der Waals surface area contributed by atoms with Gasteiger partial charge in [0.15, 0.2) is 0 Å². The normalized spacial score (nSPS) is 26.6. The maximum Gasteiger partial charge on any atom is 0.00683 e. The molecule has 0 spiro atoms. The summed E-state index contributed by atoms with van der Waals surface area (Å²) >= 11 is 0. The van der Waals surface area contributed by atoms with E-state index in [0.29, 0.717) is 0 Å². The highest BCUT2D eigenvalue weighted by molar-refractivity contribution is 5.39. The van der Waals surface area contributed by atoms with Crippen LogP contribution in [-0.2, 0) is 0 Å². The summed E-state index contributed by atoms with van der Waals surface area (Å²) in [4.78, 5) is 0. The molecule has 3 rings (SSSR count). The lowest BCUT2D eigenvalue weighted by atomic mass is 9.79. The van der Waals surface area contributed by atoms with Crippen molar-refractivity contribution in [2.24, 2.45) is 5.92 Å². The van der Waals surface area contributed by atoms with E-state index in [9.17, 15) is 0 Å². The number of hydrogen-bond acceptors (Lipinski definition) is 1. The van der Waals surface area contributed by atoms with E-state index in [2.05, 4.69) is 38.2 Å². The molecule has 0 aliphatic heterocycles. The van der Waals surface area contributed by atoms with Gasteiger partial charge in [0.2, 0.25) is 0 Å². The fourth-order valence-corrected chi connectivity index (χ4v) is 4.03. The summed E-state index contributed by atoms with van der Waals surface area (Å²) in [5.74, 6) is 1.62. The maximum atomic E-state index is 3.80. The van der Waals surface area contributed by atoms with Crippen molar-refractivity contribution >= 4 is 0 Å². The highest BCUT2D eigenvalue weighted by Crippen LogP contribution is 2.39. The van der Waals surface area contributed by atoms with E-state index in [1.54, 1.807) is 5.56 Å². The van der Waals surface area contributed by atoms with Gasteiger partial charge >= 0.3 is 0 Å². The van der Waals surface area contributed by atoms with Gasteiger partial charge in [-0.2, -0.15) is 0 Å². The number of aryl methyl sites for hydroxylation is 3. The first-order valence-electron chi connectivity index (χ1n) is 8.96. The van der Waals surface area contributed by atoms with Crippen LogP contribution in [0.3, 0.4) is 0 Å². The highest BCUT2D eigenvalue weighted by atomic mass is 14.9. The maximum absolute atomic E-state index is 3.80. The zero-order chi connectivity index (χ0) is 14.8. The van der Waals surface area contributed by atoms with Crippen LogP contribution in [0.15, 0.2) is 12.1 Å². The van der Waals surface area contributed by atoms with E-state index in [-0.39, 0.29) is 0 Å². The zero-order valence-corrected chi connectivity index (χ0v) is 14.0. The monoisotopic (exact) mass is 285 g/mol. The molecule has 2 saturated carbocycles. The largest absolute Gasteiger partial charge is 0.314 e. The molecule has 2 aliphatic carbocycles. The van der Waals surface area contributed by atoms with E-state index < -0.39 is 0 Å². The molecule has 1 aromatic carbocycles. The molecule has 2 unspecified atom stereocenters. The fourth-order valence-electron chi connectivity index (χ4n) is 4.03. The molecular formula is C20H31N. The van der Waals surface area contributed by atoms with Crippen LogP contribution in [0.1, 0.15) is 73.1 Å². The second-order valence-electron chi connectivity index (χ2n) is 7.48. The smallest absolute Gasteiger partial charge is 0.00683 e. The molecule has 0 amide bonds. The molecule has 116 valence electrons. The van der Waals surface area contributed by atoms with Gasteiger partial charge in [-0.1, -0.05) is 31.4 Å². The molecule has 1 heteroatoms. The summed E-state index contributed by atoms with van der Waals surface area (Å²) in [6.07, 6.45) is 9.88. The van der Waals surface area contributed by atoms with Crippen molar-refractivity contribution in [3.05, 3.63) is 34.4 Å². The average Bonchev–Trinajstić information content (AvgIpc) is 3.27. The third-order valence-electron chi connectivity index (χ3n) is 5.69. The quantitative estimate of drug-likeness (QED) is 0.765. The van der Waals surface area contributed by atoms with E-state index in [1.807, 2.05) is 0 Å². The Bertz CT molecular complexity index is 487. The summed E-state index contributed by atoms with van der Waals surface area (Å²) in [5, 5.41) is 3.80. The fraction of sp³-hybridized carbons (Fsp3) is 0.700. The Balaban J connectivity index is 1.82. The van der Waals surface area contributed by atoms with Gasteiger partial charge in [-0.25, -0.2) is 0 Å². The second kappa shape index (κ2) is 6.52. The summed E-state index contributed by atoms with van der Waals surface area (Å²) in [6, 6.07) is 5.74. The van der Waals surface area contributed by atoms with Crippen molar-refractivity contribution in [1.29, 1.82) is 0 Å². The topological polar surface area (TPSA) is 12.0 Å². The molecule has 1 N–H and O–H groups in total. The van der Waals surface area contributed by atoms with Gasteiger partial charge in [-0.05, 0) is 87.1 Å². The van der Waals surface area contributed by atoms with Crippen molar-refractivity contribution in [2.75, 3.05) is 6.54 Å². The Hall–Kier alpha value is -0.820. The number of rotatable bonds is 4. The first kappa shape index (κ1) is 15.1. The minimum atomic E-state index is 0.776. The van der Waals surface area contributed by atoms with Gasteiger partial charge in [0, 0.05) is 6.04 Å². The van der Waals surface area contributed by atoms with Crippen molar-refractivity contribution in [1.82, 2.24) is 5.32 Å². The summed E-state index contributed by atoms with van der Waals surface area (Å²) < 4.78 is 0. The number of benzene rings is 1. The van der Waals surface area contributed by atoms with Gasteiger partial charge in [0.05, 0.1) is 0 Å². The molecule has 0 aromatic heterocycles. The number of hydrogen-bond donors (Lipinski definition) is 1. The minimum absolute atomic E-state index is 0.776. The van der Waals surface area contributed by atoms with E-state index in [1.165, 1.54) is 68.2 Å². The van der Waals surface area contributed by atoms with Gasteiger partial charge in [-0.3, -0.25) is 0 Å². The number of nitrogens with one attached hydrogen (secondary N) is 1. The van der Waals surface area contributed by atoms with Crippen LogP contribution >= 0.6 is 0 Å². The van der Waals surface area contributed by atoms with Gasteiger partial charge in [-0.15, -0.1) is 0 Å². The minimum Gasteiger partial charge on any atom is -0.314 e. The first-order valence-corrected chi connectivity index (χ1v) is 8.96. The van der Waals surface area contributed by atoms with Gasteiger partial charge < -0.3 is 5.32 Å². The Morgan fingerprint density at radius 2 is 1.57 bits per heavy atom. The van der Waals surface area contributed by atoms with Crippen LogP contribution in [0.2, 0.25) is 0 Å². The summed E-state index contributed by atoms with van der Waals surface area (Å²) in [7, 11) is 0. The van der Waals surface area contributed by atoms with Crippen LogP contribution < -0.4 is 5.32 Å². The summed E-state index contributed by atoms with van der Waals surface area (Å²) in [5.41, 5.74) is 6.07. The molecule has 0 saturated heterocycles. The second-order valence-corrected chi connectivity index (χ2v) is 7.48. The van der Waals surface area contributed by atoms with Crippen molar-refractivity contribution in [2.45, 2.75) is 77.7 Å². The highest BCUT2D eigenvalue weighted by Gasteiger charge is 2.29. The molecule has 0 bridgehead atoms. The third kappa shape index (κ3) is 3.69. The first-order chi connectivity index (χ1) is 10.1. The molecule has 1 aromatic rings. The molecule has 21 heavy (non-hydrogen) atoms. The zero-order valence-electron chi connectivity index (χ0n) is 14.0. The average molecular weight is 285 g/mol. The van der Waals surface area contributed by atoms with Crippen LogP contribution in [0, 0.1) is 26.7 Å².